The lowest BCUT2D eigenvalue weighted by molar-refractivity contribution is -0.122. The summed E-state index contributed by atoms with van der Waals surface area (Å²) in [5.41, 5.74) is 1.93. The maximum atomic E-state index is 12.4. The predicted octanol–water partition coefficient (Wildman–Crippen LogP) is 2.50. The van der Waals surface area contributed by atoms with Crippen molar-refractivity contribution in [1.29, 1.82) is 0 Å². The van der Waals surface area contributed by atoms with Gasteiger partial charge in [0.1, 0.15) is 0 Å². The molecule has 0 saturated carbocycles. The van der Waals surface area contributed by atoms with E-state index in [1.54, 1.807) is 11.9 Å². The number of anilines is 1. The van der Waals surface area contributed by atoms with Crippen molar-refractivity contribution >= 4 is 22.9 Å². The van der Waals surface area contributed by atoms with E-state index in [4.69, 9.17) is 4.74 Å². The Kier molecular flexibility index (Phi) is 3.92. The van der Waals surface area contributed by atoms with E-state index in [-0.39, 0.29) is 12.0 Å². The summed E-state index contributed by atoms with van der Waals surface area (Å²) < 4.78 is 7.60. The van der Waals surface area contributed by atoms with E-state index < -0.39 is 0 Å². The maximum Gasteiger partial charge on any atom is 0.231 e. The van der Waals surface area contributed by atoms with Crippen molar-refractivity contribution in [1.82, 2.24) is 9.55 Å². The molecule has 1 aliphatic rings. The van der Waals surface area contributed by atoms with Gasteiger partial charge in [-0.15, -0.1) is 0 Å². The fourth-order valence-electron chi connectivity index (χ4n) is 2.84. The number of benzene rings is 1. The van der Waals surface area contributed by atoms with Crippen LogP contribution >= 0.6 is 0 Å². The Morgan fingerprint density at radius 2 is 2.24 bits per heavy atom. The molecular weight excluding hydrogens is 266 g/mol. The average Bonchev–Trinajstić information content (AvgIpc) is 2.85. The first kappa shape index (κ1) is 14.1. The lowest BCUT2D eigenvalue weighted by Gasteiger charge is -2.24. The number of para-hydroxylation sites is 2. The number of aromatic nitrogens is 2. The first-order chi connectivity index (χ1) is 10.2. The van der Waals surface area contributed by atoms with Crippen LogP contribution in [0.25, 0.3) is 11.0 Å². The third-order valence-corrected chi connectivity index (χ3v) is 4.11. The first-order valence-corrected chi connectivity index (χ1v) is 7.46. The van der Waals surface area contributed by atoms with Gasteiger partial charge in [-0.3, -0.25) is 9.69 Å². The summed E-state index contributed by atoms with van der Waals surface area (Å²) >= 11 is 0. The van der Waals surface area contributed by atoms with Crippen LogP contribution in [0.2, 0.25) is 0 Å². The second kappa shape index (κ2) is 5.85. The quantitative estimate of drug-likeness (QED) is 0.871. The molecule has 0 N–H and O–H groups in total. The molecule has 5 nitrogen and oxygen atoms in total. The van der Waals surface area contributed by atoms with E-state index in [2.05, 4.69) is 4.98 Å². The zero-order valence-corrected chi connectivity index (χ0v) is 12.6. The Labute approximate surface area is 124 Å². The van der Waals surface area contributed by atoms with E-state index in [1.165, 1.54) is 0 Å². The molecule has 1 atom stereocenters. The van der Waals surface area contributed by atoms with E-state index in [9.17, 15) is 4.79 Å². The van der Waals surface area contributed by atoms with Gasteiger partial charge in [-0.2, -0.15) is 0 Å². The maximum absolute atomic E-state index is 12.4. The SMILES string of the molecule is CN(C(=O)C[C@H]1CCCCO1)c1nc2ccccc2n1C. The lowest BCUT2D eigenvalue weighted by Crippen LogP contribution is -2.33. The Morgan fingerprint density at radius 1 is 1.43 bits per heavy atom. The van der Waals surface area contributed by atoms with Gasteiger partial charge in [0.25, 0.3) is 0 Å². The highest BCUT2D eigenvalue weighted by atomic mass is 16.5. The van der Waals surface area contributed by atoms with Gasteiger partial charge < -0.3 is 9.30 Å². The molecule has 5 heteroatoms. The molecule has 0 bridgehead atoms. The summed E-state index contributed by atoms with van der Waals surface area (Å²) in [7, 11) is 3.72. The zero-order valence-electron chi connectivity index (χ0n) is 12.6. The number of carbonyl (C=O) groups is 1. The number of hydrogen-bond acceptors (Lipinski definition) is 3. The fraction of sp³-hybridized carbons (Fsp3) is 0.500. The molecule has 2 heterocycles. The van der Waals surface area contributed by atoms with Crippen LogP contribution in [0.1, 0.15) is 25.7 Å². The van der Waals surface area contributed by atoms with Gasteiger partial charge in [0.2, 0.25) is 11.9 Å². The van der Waals surface area contributed by atoms with Crippen LogP contribution in [0, 0.1) is 0 Å². The van der Waals surface area contributed by atoms with Crippen LogP contribution < -0.4 is 4.90 Å². The van der Waals surface area contributed by atoms with Crippen molar-refractivity contribution in [3.05, 3.63) is 24.3 Å². The molecule has 21 heavy (non-hydrogen) atoms. The first-order valence-electron chi connectivity index (χ1n) is 7.46. The summed E-state index contributed by atoms with van der Waals surface area (Å²) in [4.78, 5) is 18.6. The number of rotatable bonds is 3. The fourth-order valence-corrected chi connectivity index (χ4v) is 2.84. The van der Waals surface area contributed by atoms with Gasteiger partial charge in [0, 0.05) is 20.7 Å². The van der Waals surface area contributed by atoms with E-state index >= 15 is 0 Å². The number of aryl methyl sites for hydroxylation is 1. The van der Waals surface area contributed by atoms with E-state index in [0.717, 1.165) is 36.9 Å². The van der Waals surface area contributed by atoms with Crippen LogP contribution in [-0.2, 0) is 16.6 Å². The van der Waals surface area contributed by atoms with E-state index in [1.807, 2.05) is 35.9 Å². The van der Waals surface area contributed by atoms with Crippen LogP contribution in [0.4, 0.5) is 5.95 Å². The van der Waals surface area contributed by atoms with Crippen molar-refractivity contribution in [3.63, 3.8) is 0 Å². The summed E-state index contributed by atoms with van der Waals surface area (Å²) in [5.74, 6) is 0.734. The van der Waals surface area contributed by atoms with Crippen molar-refractivity contribution in [2.45, 2.75) is 31.8 Å². The van der Waals surface area contributed by atoms with E-state index in [0.29, 0.717) is 12.4 Å². The molecule has 2 aromatic rings. The average molecular weight is 287 g/mol. The van der Waals surface area contributed by atoms with Crippen molar-refractivity contribution in [3.8, 4) is 0 Å². The highest BCUT2D eigenvalue weighted by Gasteiger charge is 2.23. The highest BCUT2D eigenvalue weighted by molar-refractivity contribution is 5.93. The summed E-state index contributed by atoms with van der Waals surface area (Å²) in [6.45, 7) is 0.772. The normalized spacial score (nSPS) is 18.9. The number of carbonyl (C=O) groups excluding carboxylic acids is 1. The number of ether oxygens (including phenoxy) is 1. The van der Waals surface area contributed by atoms with Gasteiger partial charge in [-0.05, 0) is 31.4 Å². The van der Waals surface area contributed by atoms with Gasteiger partial charge in [-0.25, -0.2) is 4.98 Å². The Bertz CT molecular complexity index is 644. The highest BCUT2D eigenvalue weighted by Crippen LogP contribution is 2.22. The van der Waals surface area contributed by atoms with Gasteiger partial charge in [0.15, 0.2) is 0 Å². The van der Waals surface area contributed by atoms with Crippen LogP contribution in [0.5, 0.6) is 0 Å². The molecule has 0 aliphatic carbocycles. The predicted molar refractivity (Wildman–Crippen MR) is 82.3 cm³/mol. The van der Waals surface area contributed by atoms with Crippen molar-refractivity contribution < 1.29 is 9.53 Å². The third kappa shape index (κ3) is 2.78. The topological polar surface area (TPSA) is 47.4 Å². The number of fused-ring (bicyclic) bond motifs is 1. The molecule has 1 aromatic heterocycles. The smallest absolute Gasteiger partial charge is 0.231 e. The van der Waals surface area contributed by atoms with Crippen LogP contribution in [0.15, 0.2) is 24.3 Å². The largest absolute Gasteiger partial charge is 0.378 e. The molecule has 1 saturated heterocycles. The minimum Gasteiger partial charge on any atom is -0.378 e. The second-order valence-corrected chi connectivity index (χ2v) is 5.60. The molecule has 0 spiro atoms. The number of imidazole rings is 1. The lowest BCUT2D eigenvalue weighted by atomic mass is 10.1. The summed E-state index contributed by atoms with van der Waals surface area (Å²) in [5, 5.41) is 0. The monoisotopic (exact) mass is 287 g/mol. The Morgan fingerprint density at radius 3 is 2.95 bits per heavy atom. The molecule has 1 fully saturated rings. The standard InChI is InChI=1S/C16H21N3O2/c1-18-14-9-4-3-8-13(14)17-16(18)19(2)15(20)11-12-7-5-6-10-21-12/h3-4,8-9,12H,5-7,10-11H2,1-2H3/t12-/m1/s1. The number of nitrogens with zero attached hydrogens (tertiary/aromatic N) is 3. The third-order valence-electron chi connectivity index (χ3n) is 4.11. The summed E-state index contributed by atoms with van der Waals surface area (Å²) in [6.07, 6.45) is 3.71. The van der Waals surface area contributed by atoms with Crippen molar-refractivity contribution in [2.75, 3.05) is 18.6 Å². The molecular formula is C16H21N3O2. The van der Waals surface area contributed by atoms with Gasteiger partial charge in [-0.1, -0.05) is 12.1 Å². The minimum atomic E-state index is 0.0558. The number of hydrogen-bond donors (Lipinski definition) is 0. The molecule has 0 unspecified atom stereocenters. The Hall–Kier alpha value is -1.88. The second-order valence-electron chi connectivity index (χ2n) is 5.60. The Balaban J connectivity index is 1.77. The molecule has 1 aliphatic heterocycles. The van der Waals surface area contributed by atoms with Crippen LogP contribution in [-0.4, -0.2) is 35.2 Å². The summed E-state index contributed by atoms with van der Waals surface area (Å²) in [6, 6.07) is 7.90. The molecule has 1 amide bonds. The molecule has 0 radical (unpaired) electrons. The molecule has 112 valence electrons. The van der Waals surface area contributed by atoms with Crippen LogP contribution in [0.3, 0.4) is 0 Å². The van der Waals surface area contributed by atoms with Gasteiger partial charge >= 0.3 is 0 Å². The number of amides is 1. The molecule has 3 rings (SSSR count). The minimum absolute atomic E-state index is 0.0558. The molecule has 1 aromatic carbocycles. The van der Waals surface area contributed by atoms with Gasteiger partial charge in [0.05, 0.1) is 23.6 Å². The van der Waals surface area contributed by atoms with Crippen molar-refractivity contribution in [2.24, 2.45) is 7.05 Å². The zero-order chi connectivity index (χ0) is 14.8.